The van der Waals surface area contributed by atoms with Crippen molar-refractivity contribution in [2.75, 3.05) is 6.54 Å². The minimum atomic E-state index is 0.130. The van der Waals surface area contributed by atoms with Gasteiger partial charge in [0.1, 0.15) is 0 Å². The average Bonchev–Trinajstić information content (AvgIpc) is 2.67. The highest BCUT2D eigenvalue weighted by molar-refractivity contribution is 5.94. The maximum Gasteiger partial charge on any atom is 0.254 e. The molecule has 1 atom stereocenters. The van der Waals surface area contributed by atoms with E-state index in [1.54, 1.807) is 0 Å². The second-order valence-corrected chi connectivity index (χ2v) is 7.59. The predicted octanol–water partition coefficient (Wildman–Crippen LogP) is 3.90. The quantitative estimate of drug-likeness (QED) is 0.902. The van der Waals surface area contributed by atoms with E-state index in [9.17, 15) is 9.59 Å². The molecular formula is C21H30N2O2. The lowest BCUT2D eigenvalue weighted by Crippen LogP contribution is -2.42. The lowest BCUT2D eigenvalue weighted by Gasteiger charge is -2.33. The van der Waals surface area contributed by atoms with Gasteiger partial charge in [-0.15, -0.1) is 0 Å². The molecule has 1 unspecified atom stereocenters. The van der Waals surface area contributed by atoms with Crippen LogP contribution in [-0.2, 0) is 11.3 Å². The lowest BCUT2D eigenvalue weighted by molar-refractivity contribution is -0.126. The molecule has 3 rings (SSSR count). The number of likely N-dealkylation sites (tertiary alicyclic amines) is 1. The van der Waals surface area contributed by atoms with E-state index in [1.165, 1.54) is 25.7 Å². The molecule has 0 bridgehead atoms. The van der Waals surface area contributed by atoms with Crippen molar-refractivity contribution in [3.05, 3.63) is 35.4 Å². The number of rotatable bonds is 4. The minimum absolute atomic E-state index is 0.130. The molecule has 0 spiro atoms. The molecule has 0 radical (unpaired) electrons. The highest BCUT2D eigenvalue weighted by Gasteiger charge is 2.24. The van der Waals surface area contributed by atoms with Gasteiger partial charge < -0.3 is 10.2 Å². The molecule has 1 aromatic carbocycles. The Morgan fingerprint density at radius 2 is 1.68 bits per heavy atom. The Morgan fingerprint density at radius 1 is 1.00 bits per heavy atom. The number of hydrogen-bond acceptors (Lipinski definition) is 2. The summed E-state index contributed by atoms with van der Waals surface area (Å²) < 4.78 is 0. The van der Waals surface area contributed by atoms with E-state index in [-0.39, 0.29) is 17.7 Å². The van der Waals surface area contributed by atoms with Gasteiger partial charge >= 0.3 is 0 Å². The van der Waals surface area contributed by atoms with E-state index in [2.05, 4.69) is 12.2 Å². The van der Waals surface area contributed by atoms with E-state index in [1.807, 2.05) is 29.2 Å². The predicted molar refractivity (Wildman–Crippen MR) is 99.2 cm³/mol. The number of benzene rings is 1. The van der Waals surface area contributed by atoms with Crippen LogP contribution in [0.3, 0.4) is 0 Å². The molecule has 1 heterocycles. The van der Waals surface area contributed by atoms with Crippen LogP contribution in [0.4, 0.5) is 0 Å². The third-order valence-electron chi connectivity index (χ3n) is 5.71. The monoisotopic (exact) mass is 342 g/mol. The molecule has 1 saturated carbocycles. The molecule has 4 nitrogen and oxygen atoms in total. The van der Waals surface area contributed by atoms with Crippen LogP contribution in [0, 0.1) is 5.92 Å². The van der Waals surface area contributed by atoms with Gasteiger partial charge in [0.2, 0.25) is 5.91 Å². The van der Waals surface area contributed by atoms with Crippen LogP contribution in [0.15, 0.2) is 24.3 Å². The van der Waals surface area contributed by atoms with Crippen LogP contribution in [0.25, 0.3) is 0 Å². The van der Waals surface area contributed by atoms with Crippen molar-refractivity contribution in [3.8, 4) is 0 Å². The molecule has 4 heteroatoms. The van der Waals surface area contributed by atoms with E-state index >= 15 is 0 Å². The van der Waals surface area contributed by atoms with Gasteiger partial charge in [-0.2, -0.15) is 0 Å². The van der Waals surface area contributed by atoms with Crippen LogP contribution in [-0.4, -0.2) is 29.3 Å². The van der Waals surface area contributed by atoms with E-state index < -0.39 is 0 Å². The van der Waals surface area contributed by atoms with Crippen LogP contribution < -0.4 is 5.32 Å². The first-order chi connectivity index (χ1) is 12.1. The van der Waals surface area contributed by atoms with Crippen LogP contribution in [0.2, 0.25) is 0 Å². The number of amides is 2. The van der Waals surface area contributed by atoms with Crippen molar-refractivity contribution in [3.63, 3.8) is 0 Å². The molecule has 2 amide bonds. The highest BCUT2D eigenvalue weighted by Crippen LogP contribution is 2.24. The molecule has 136 valence electrons. The van der Waals surface area contributed by atoms with Gasteiger partial charge in [0, 0.05) is 30.6 Å². The molecule has 1 aromatic rings. The first-order valence-corrected chi connectivity index (χ1v) is 9.83. The molecular weight excluding hydrogens is 312 g/mol. The summed E-state index contributed by atoms with van der Waals surface area (Å²) in [7, 11) is 0. The van der Waals surface area contributed by atoms with Crippen LogP contribution >= 0.6 is 0 Å². The third-order valence-corrected chi connectivity index (χ3v) is 5.71. The molecule has 1 saturated heterocycles. The molecule has 1 aliphatic heterocycles. The zero-order valence-corrected chi connectivity index (χ0v) is 15.3. The average molecular weight is 342 g/mol. The number of carbonyl (C=O) groups excluding carboxylic acids is 2. The molecule has 2 aliphatic rings. The molecule has 1 aliphatic carbocycles. The summed E-state index contributed by atoms with van der Waals surface area (Å²) in [5, 5.41) is 3.05. The van der Waals surface area contributed by atoms with Gasteiger partial charge in [-0.25, -0.2) is 0 Å². The summed E-state index contributed by atoms with van der Waals surface area (Å²) in [6.07, 6.45) is 9.05. The van der Waals surface area contributed by atoms with Crippen molar-refractivity contribution in [1.29, 1.82) is 0 Å². The topological polar surface area (TPSA) is 49.4 Å². The number of piperidine rings is 1. The number of hydrogen-bond donors (Lipinski definition) is 1. The maximum absolute atomic E-state index is 12.7. The summed E-state index contributed by atoms with van der Waals surface area (Å²) in [6.45, 7) is 3.54. The number of nitrogens with zero attached hydrogens (tertiary/aromatic N) is 1. The maximum atomic E-state index is 12.7. The smallest absolute Gasteiger partial charge is 0.254 e. The summed E-state index contributed by atoms with van der Waals surface area (Å²) in [6, 6.07) is 8.04. The Hall–Kier alpha value is -1.84. The second-order valence-electron chi connectivity index (χ2n) is 7.59. The van der Waals surface area contributed by atoms with Crippen LogP contribution in [0.1, 0.15) is 74.2 Å². The van der Waals surface area contributed by atoms with Gasteiger partial charge in [-0.1, -0.05) is 31.4 Å². The fourth-order valence-corrected chi connectivity index (χ4v) is 4.03. The Labute approximate surface area is 151 Å². The van der Waals surface area contributed by atoms with Gasteiger partial charge in [0.05, 0.1) is 0 Å². The number of nitrogens with one attached hydrogen (secondary N) is 1. The standard InChI is InChI=1S/C21H30N2O2/c1-16-7-5-6-14-23(16)21(25)19-12-10-17(11-13-19)15-22-20(24)18-8-3-2-4-9-18/h10-13,16,18H,2-9,14-15H2,1H3,(H,22,24). The summed E-state index contributed by atoms with van der Waals surface area (Å²) in [4.78, 5) is 26.9. The molecule has 1 N–H and O–H groups in total. The lowest BCUT2D eigenvalue weighted by atomic mass is 9.88. The first kappa shape index (κ1) is 18.0. The van der Waals surface area contributed by atoms with Gasteiger partial charge in [0.15, 0.2) is 0 Å². The molecule has 25 heavy (non-hydrogen) atoms. The normalized spacial score (nSPS) is 21.8. The summed E-state index contributed by atoms with van der Waals surface area (Å²) in [5.74, 6) is 0.502. The fraction of sp³-hybridized carbons (Fsp3) is 0.619. The SMILES string of the molecule is CC1CCCCN1C(=O)c1ccc(CNC(=O)C2CCCCC2)cc1. The van der Waals surface area contributed by atoms with E-state index in [0.29, 0.717) is 12.6 Å². The fourth-order valence-electron chi connectivity index (χ4n) is 4.03. The molecule has 2 fully saturated rings. The summed E-state index contributed by atoms with van der Waals surface area (Å²) >= 11 is 0. The first-order valence-electron chi connectivity index (χ1n) is 9.83. The van der Waals surface area contributed by atoms with Gasteiger partial charge in [-0.05, 0) is 56.7 Å². The number of carbonyl (C=O) groups is 2. The Bertz CT molecular complexity index is 590. The van der Waals surface area contributed by atoms with Gasteiger partial charge in [0.25, 0.3) is 5.91 Å². The Kier molecular flexibility index (Phi) is 6.11. The Morgan fingerprint density at radius 3 is 2.36 bits per heavy atom. The van der Waals surface area contributed by atoms with E-state index in [0.717, 1.165) is 43.4 Å². The van der Waals surface area contributed by atoms with Crippen molar-refractivity contribution >= 4 is 11.8 Å². The zero-order valence-electron chi connectivity index (χ0n) is 15.3. The highest BCUT2D eigenvalue weighted by atomic mass is 16.2. The van der Waals surface area contributed by atoms with Gasteiger partial charge in [-0.3, -0.25) is 9.59 Å². The van der Waals surface area contributed by atoms with Crippen molar-refractivity contribution < 1.29 is 9.59 Å². The van der Waals surface area contributed by atoms with Crippen molar-refractivity contribution in [2.45, 2.75) is 70.9 Å². The second kappa shape index (κ2) is 8.50. The van der Waals surface area contributed by atoms with E-state index in [4.69, 9.17) is 0 Å². The van der Waals surface area contributed by atoms with Crippen molar-refractivity contribution in [1.82, 2.24) is 10.2 Å². The third kappa shape index (κ3) is 4.62. The Balaban J connectivity index is 1.53. The summed E-state index contributed by atoms with van der Waals surface area (Å²) in [5.41, 5.74) is 1.79. The zero-order chi connectivity index (χ0) is 17.6. The minimum Gasteiger partial charge on any atom is -0.352 e. The largest absolute Gasteiger partial charge is 0.352 e. The van der Waals surface area contributed by atoms with Crippen molar-refractivity contribution in [2.24, 2.45) is 5.92 Å². The molecule has 0 aromatic heterocycles. The van der Waals surface area contributed by atoms with Crippen LogP contribution in [0.5, 0.6) is 0 Å².